The maximum atomic E-state index is 11.9. The number of nitrogens with one attached hydrogen (secondary N) is 2. The second kappa shape index (κ2) is 27.7. The quantitative estimate of drug-likeness (QED) is 0.103. The molecule has 0 saturated heterocycles. The van der Waals surface area contributed by atoms with E-state index in [1.165, 1.54) is 89.9 Å². The standard InChI is InChI=1S/C30H56N2O2/c1-3-5-7-9-11-13-15-17-19-23-27-31-29(33)25-21-22-26-30(34)32-28-24-20-18-16-14-12-10-8-6-4-2/h7-10H,3-6,11-28H2,1-2H3,(H,31,33)(H,32,34)/b9-7+,10-8+. The Balaban J connectivity index is 3.34. The third-order valence-electron chi connectivity index (χ3n) is 6.04. The van der Waals surface area contributed by atoms with Crippen LogP contribution in [0.1, 0.15) is 142 Å². The Morgan fingerprint density at radius 3 is 1.24 bits per heavy atom. The van der Waals surface area contributed by atoms with E-state index in [4.69, 9.17) is 0 Å². The van der Waals surface area contributed by atoms with Crippen molar-refractivity contribution < 1.29 is 9.59 Å². The maximum absolute atomic E-state index is 11.9. The van der Waals surface area contributed by atoms with Gasteiger partial charge in [0.15, 0.2) is 0 Å². The van der Waals surface area contributed by atoms with Crippen LogP contribution in [0.15, 0.2) is 24.3 Å². The average molecular weight is 477 g/mol. The van der Waals surface area contributed by atoms with Gasteiger partial charge in [0.1, 0.15) is 0 Å². The minimum atomic E-state index is 0.127. The number of rotatable bonds is 25. The number of carbonyl (C=O) groups excluding carboxylic acids is 2. The molecule has 0 aliphatic heterocycles. The zero-order chi connectivity index (χ0) is 25.0. The highest BCUT2D eigenvalue weighted by Crippen LogP contribution is 2.07. The molecule has 198 valence electrons. The van der Waals surface area contributed by atoms with E-state index >= 15 is 0 Å². The molecule has 0 heterocycles. The number of carbonyl (C=O) groups is 2. The second-order valence-electron chi connectivity index (χ2n) is 9.54. The predicted molar refractivity (Wildman–Crippen MR) is 148 cm³/mol. The molecule has 0 unspecified atom stereocenters. The van der Waals surface area contributed by atoms with Crippen LogP contribution >= 0.6 is 0 Å². The molecular weight excluding hydrogens is 420 g/mol. The van der Waals surface area contributed by atoms with Crippen LogP contribution in [0.3, 0.4) is 0 Å². The van der Waals surface area contributed by atoms with E-state index in [0.717, 1.165) is 38.8 Å². The summed E-state index contributed by atoms with van der Waals surface area (Å²) in [4.78, 5) is 23.8. The van der Waals surface area contributed by atoms with E-state index in [-0.39, 0.29) is 11.8 Å². The molecule has 2 N–H and O–H groups in total. The monoisotopic (exact) mass is 476 g/mol. The summed E-state index contributed by atoms with van der Waals surface area (Å²) in [6, 6.07) is 0. The van der Waals surface area contributed by atoms with Gasteiger partial charge in [0.05, 0.1) is 0 Å². The zero-order valence-electron chi connectivity index (χ0n) is 22.7. The normalized spacial score (nSPS) is 11.5. The Kier molecular flexibility index (Phi) is 26.4. The van der Waals surface area contributed by atoms with Crippen molar-refractivity contribution in [3.8, 4) is 0 Å². The van der Waals surface area contributed by atoms with Crippen molar-refractivity contribution in [2.45, 2.75) is 142 Å². The van der Waals surface area contributed by atoms with Gasteiger partial charge in [-0.05, 0) is 64.2 Å². The maximum Gasteiger partial charge on any atom is 0.219 e. The van der Waals surface area contributed by atoms with Gasteiger partial charge < -0.3 is 10.6 Å². The third-order valence-corrected chi connectivity index (χ3v) is 6.04. The fourth-order valence-electron chi connectivity index (χ4n) is 3.84. The first kappa shape index (κ1) is 32.4. The van der Waals surface area contributed by atoms with E-state index in [9.17, 15) is 9.59 Å². The molecule has 0 aliphatic carbocycles. The Morgan fingerprint density at radius 1 is 0.471 bits per heavy atom. The van der Waals surface area contributed by atoms with Crippen LogP contribution in [0.4, 0.5) is 0 Å². The van der Waals surface area contributed by atoms with Crippen LogP contribution in [0, 0.1) is 0 Å². The van der Waals surface area contributed by atoms with Crippen molar-refractivity contribution in [2.24, 2.45) is 0 Å². The van der Waals surface area contributed by atoms with Crippen molar-refractivity contribution in [3.63, 3.8) is 0 Å². The summed E-state index contributed by atoms with van der Waals surface area (Å²) < 4.78 is 0. The summed E-state index contributed by atoms with van der Waals surface area (Å²) >= 11 is 0. The molecule has 0 rings (SSSR count). The summed E-state index contributed by atoms with van der Waals surface area (Å²) in [5.41, 5.74) is 0. The first-order valence-electron chi connectivity index (χ1n) is 14.5. The molecule has 0 saturated carbocycles. The Morgan fingerprint density at radius 2 is 0.824 bits per heavy atom. The first-order valence-corrected chi connectivity index (χ1v) is 14.5. The minimum absolute atomic E-state index is 0.127. The molecule has 0 aromatic heterocycles. The van der Waals surface area contributed by atoms with Gasteiger partial charge in [-0.2, -0.15) is 0 Å². The fourth-order valence-corrected chi connectivity index (χ4v) is 3.84. The van der Waals surface area contributed by atoms with Gasteiger partial charge >= 0.3 is 0 Å². The predicted octanol–water partition coefficient (Wildman–Crippen LogP) is 8.17. The Bertz CT molecular complexity index is 468. The van der Waals surface area contributed by atoms with Gasteiger partial charge in [0, 0.05) is 25.9 Å². The molecule has 0 aromatic carbocycles. The molecule has 0 fully saturated rings. The Labute approximate surface area is 211 Å². The molecule has 4 nitrogen and oxygen atoms in total. The van der Waals surface area contributed by atoms with Gasteiger partial charge in [-0.3, -0.25) is 9.59 Å². The van der Waals surface area contributed by atoms with Gasteiger partial charge in [0.2, 0.25) is 11.8 Å². The van der Waals surface area contributed by atoms with Crippen LogP contribution in [0.25, 0.3) is 0 Å². The van der Waals surface area contributed by atoms with Crippen molar-refractivity contribution in [2.75, 3.05) is 13.1 Å². The van der Waals surface area contributed by atoms with Crippen LogP contribution < -0.4 is 10.6 Å². The lowest BCUT2D eigenvalue weighted by molar-refractivity contribution is -0.123. The average Bonchev–Trinajstić information content (AvgIpc) is 2.83. The van der Waals surface area contributed by atoms with Crippen LogP contribution in [0.5, 0.6) is 0 Å². The highest BCUT2D eigenvalue weighted by atomic mass is 16.2. The zero-order valence-corrected chi connectivity index (χ0v) is 22.7. The highest BCUT2D eigenvalue weighted by molar-refractivity contribution is 5.77. The molecule has 0 aromatic rings. The molecule has 0 spiro atoms. The van der Waals surface area contributed by atoms with Crippen LogP contribution in [-0.2, 0) is 9.59 Å². The van der Waals surface area contributed by atoms with Crippen molar-refractivity contribution in [3.05, 3.63) is 24.3 Å². The molecule has 2 amide bonds. The van der Waals surface area contributed by atoms with Gasteiger partial charge in [-0.25, -0.2) is 0 Å². The second-order valence-corrected chi connectivity index (χ2v) is 9.54. The van der Waals surface area contributed by atoms with Crippen LogP contribution in [-0.4, -0.2) is 24.9 Å². The van der Waals surface area contributed by atoms with Crippen molar-refractivity contribution >= 4 is 11.8 Å². The summed E-state index contributed by atoms with van der Waals surface area (Å²) in [5, 5.41) is 6.03. The number of allylic oxidation sites excluding steroid dienone is 4. The minimum Gasteiger partial charge on any atom is -0.356 e. The summed E-state index contributed by atoms with van der Waals surface area (Å²) in [5.74, 6) is 0.254. The summed E-state index contributed by atoms with van der Waals surface area (Å²) in [7, 11) is 0. The number of unbranched alkanes of at least 4 members (excludes halogenated alkanes) is 13. The van der Waals surface area contributed by atoms with E-state index < -0.39 is 0 Å². The van der Waals surface area contributed by atoms with E-state index in [1.54, 1.807) is 0 Å². The fraction of sp³-hybridized carbons (Fsp3) is 0.800. The third kappa shape index (κ3) is 26.7. The van der Waals surface area contributed by atoms with E-state index in [2.05, 4.69) is 48.8 Å². The molecule has 0 aliphatic rings. The van der Waals surface area contributed by atoms with Gasteiger partial charge in [-0.15, -0.1) is 0 Å². The lowest BCUT2D eigenvalue weighted by atomic mass is 10.1. The molecule has 0 bridgehead atoms. The van der Waals surface area contributed by atoms with E-state index in [0.29, 0.717) is 12.8 Å². The smallest absolute Gasteiger partial charge is 0.219 e. The molecule has 0 radical (unpaired) electrons. The van der Waals surface area contributed by atoms with Crippen molar-refractivity contribution in [1.82, 2.24) is 10.6 Å². The van der Waals surface area contributed by atoms with Gasteiger partial charge in [0.25, 0.3) is 0 Å². The van der Waals surface area contributed by atoms with Crippen LogP contribution in [0.2, 0.25) is 0 Å². The van der Waals surface area contributed by atoms with Crippen molar-refractivity contribution in [1.29, 1.82) is 0 Å². The first-order chi connectivity index (χ1) is 16.7. The molecule has 4 heteroatoms. The molecule has 34 heavy (non-hydrogen) atoms. The SMILES string of the molecule is CCC/C=C/CCCCCCCNC(=O)CCCCC(=O)NCCCCCCC/C=C/CCC. The lowest BCUT2D eigenvalue weighted by Crippen LogP contribution is -2.25. The number of hydrogen-bond donors (Lipinski definition) is 2. The molecule has 0 atom stereocenters. The summed E-state index contributed by atoms with van der Waals surface area (Å²) in [6.45, 7) is 5.99. The summed E-state index contributed by atoms with van der Waals surface area (Å²) in [6.07, 6.45) is 31.2. The lowest BCUT2D eigenvalue weighted by Gasteiger charge is -2.06. The number of amides is 2. The highest BCUT2D eigenvalue weighted by Gasteiger charge is 2.04. The topological polar surface area (TPSA) is 58.2 Å². The van der Waals surface area contributed by atoms with Gasteiger partial charge in [-0.1, -0.05) is 89.5 Å². The largest absolute Gasteiger partial charge is 0.356 e. The number of hydrogen-bond acceptors (Lipinski definition) is 2. The van der Waals surface area contributed by atoms with E-state index in [1.807, 2.05) is 0 Å². The molecular formula is C30H56N2O2. The Hall–Kier alpha value is -1.58.